The standard InChI is InChI=1S/C20H23N3O4/c1-27-19-8-7-17(15-18(19)23(25)26)20(24)22-13-11-21(12-14-22)10-9-16-5-3-2-4-6-16/h2-8,15H,9-14H2,1H3/p+1. The number of amides is 1. The number of quaternary nitrogens is 1. The van der Waals surface area contributed by atoms with Crippen molar-refractivity contribution in [2.45, 2.75) is 6.42 Å². The Morgan fingerprint density at radius 2 is 1.89 bits per heavy atom. The number of carbonyl (C=O) groups excluding carboxylic acids is 1. The van der Waals surface area contributed by atoms with Gasteiger partial charge < -0.3 is 14.5 Å². The molecule has 1 fully saturated rings. The van der Waals surface area contributed by atoms with Crippen LogP contribution in [0.5, 0.6) is 5.75 Å². The van der Waals surface area contributed by atoms with Crippen LogP contribution >= 0.6 is 0 Å². The third-order valence-electron chi connectivity index (χ3n) is 4.99. The van der Waals surface area contributed by atoms with Gasteiger partial charge in [-0.15, -0.1) is 0 Å². The first kappa shape index (κ1) is 18.8. The molecule has 0 atom stereocenters. The molecule has 2 aromatic carbocycles. The zero-order valence-electron chi connectivity index (χ0n) is 15.4. The molecule has 1 aliphatic rings. The number of hydrogen-bond acceptors (Lipinski definition) is 4. The van der Waals surface area contributed by atoms with Crippen molar-refractivity contribution in [2.24, 2.45) is 0 Å². The van der Waals surface area contributed by atoms with E-state index < -0.39 is 4.92 Å². The lowest BCUT2D eigenvalue weighted by Gasteiger charge is -2.32. The van der Waals surface area contributed by atoms with Crippen molar-refractivity contribution in [3.63, 3.8) is 0 Å². The van der Waals surface area contributed by atoms with Crippen LogP contribution in [0.25, 0.3) is 0 Å². The van der Waals surface area contributed by atoms with Crippen LogP contribution in [0.1, 0.15) is 15.9 Å². The molecule has 142 valence electrons. The van der Waals surface area contributed by atoms with Gasteiger partial charge in [-0.3, -0.25) is 14.9 Å². The number of rotatable bonds is 6. The largest absolute Gasteiger partial charge is 0.490 e. The van der Waals surface area contributed by atoms with E-state index in [1.165, 1.54) is 29.7 Å². The first-order chi connectivity index (χ1) is 13.1. The molecule has 7 heteroatoms. The molecule has 1 heterocycles. The van der Waals surface area contributed by atoms with Gasteiger partial charge in [0.25, 0.3) is 5.91 Å². The average Bonchev–Trinajstić information content (AvgIpc) is 2.72. The maximum atomic E-state index is 12.7. The van der Waals surface area contributed by atoms with E-state index in [0.29, 0.717) is 18.7 Å². The van der Waals surface area contributed by atoms with Gasteiger partial charge in [-0.25, -0.2) is 0 Å². The number of nitro groups is 1. The number of carbonyl (C=O) groups is 1. The van der Waals surface area contributed by atoms with Crippen molar-refractivity contribution < 1.29 is 19.4 Å². The Morgan fingerprint density at radius 1 is 1.19 bits per heavy atom. The summed E-state index contributed by atoms with van der Waals surface area (Å²) in [6.07, 6.45) is 1.02. The van der Waals surface area contributed by atoms with Crippen LogP contribution < -0.4 is 9.64 Å². The van der Waals surface area contributed by atoms with E-state index in [4.69, 9.17) is 4.74 Å². The third kappa shape index (κ3) is 4.62. The van der Waals surface area contributed by atoms with Gasteiger partial charge in [-0.05, 0) is 17.7 Å². The zero-order valence-corrected chi connectivity index (χ0v) is 15.4. The lowest BCUT2D eigenvalue weighted by atomic mass is 10.1. The molecule has 0 aliphatic carbocycles. The summed E-state index contributed by atoms with van der Waals surface area (Å²) in [4.78, 5) is 26.6. The van der Waals surface area contributed by atoms with E-state index in [1.54, 1.807) is 11.0 Å². The summed E-state index contributed by atoms with van der Waals surface area (Å²) in [5, 5.41) is 11.2. The molecular formula is C20H24N3O4+. The Hall–Kier alpha value is -2.93. The summed E-state index contributed by atoms with van der Waals surface area (Å²) in [5.74, 6) is -0.00501. The van der Waals surface area contributed by atoms with Crippen molar-refractivity contribution in [3.8, 4) is 5.75 Å². The second kappa shape index (κ2) is 8.64. The monoisotopic (exact) mass is 370 g/mol. The number of piperazine rings is 1. The molecule has 0 saturated carbocycles. The normalized spacial score (nSPS) is 14.8. The van der Waals surface area contributed by atoms with Crippen LogP contribution in [-0.2, 0) is 6.42 Å². The molecular weight excluding hydrogens is 346 g/mol. The molecule has 3 rings (SSSR count). The first-order valence-electron chi connectivity index (χ1n) is 9.07. The van der Waals surface area contributed by atoms with Gasteiger partial charge in [0.05, 0.1) is 44.8 Å². The minimum absolute atomic E-state index is 0.159. The molecule has 1 amide bonds. The summed E-state index contributed by atoms with van der Waals surface area (Å²) >= 11 is 0. The van der Waals surface area contributed by atoms with Crippen LogP contribution in [-0.4, -0.2) is 55.6 Å². The van der Waals surface area contributed by atoms with Crippen LogP contribution in [0.2, 0.25) is 0 Å². The number of hydrogen-bond donors (Lipinski definition) is 1. The average molecular weight is 370 g/mol. The second-order valence-corrected chi connectivity index (χ2v) is 6.67. The molecule has 1 saturated heterocycles. The van der Waals surface area contributed by atoms with Crippen molar-refractivity contribution in [1.29, 1.82) is 0 Å². The van der Waals surface area contributed by atoms with Gasteiger partial charge in [-0.2, -0.15) is 0 Å². The Balaban J connectivity index is 1.57. The highest BCUT2D eigenvalue weighted by atomic mass is 16.6. The lowest BCUT2D eigenvalue weighted by Crippen LogP contribution is -3.15. The summed E-state index contributed by atoms with van der Waals surface area (Å²) in [5.41, 5.74) is 1.47. The van der Waals surface area contributed by atoms with Crippen molar-refractivity contribution in [1.82, 2.24) is 4.90 Å². The molecule has 1 N–H and O–H groups in total. The topological polar surface area (TPSA) is 77.1 Å². The summed E-state index contributed by atoms with van der Waals surface area (Å²) in [7, 11) is 1.38. The summed E-state index contributed by atoms with van der Waals surface area (Å²) < 4.78 is 4.99. The second-order valence-electron chi connectivity index (χ2n) is 6.67. The van der Waals surface area contributed by atoms with E-state index in [1.807, 2.05) is 6.07 Å². The number of nitrogens with one attached hydrogen (secondary N) is 1. The van der Waals surface area contributed by atoms with Gasteiger partial charge in [-0.1, -0.05) is 30.3 Å². The lowest BCUT2D eigenvalue weighted by molar-refractivity contribution is -0.903. The van der Waals surface area contributed by atoms with Crippen molar-refractivity contribution in [3.05, 3.63) is 69.8 Å². The Bertz CT molecular complexity index is 802. The van der Waals surface area contributed by atoms with Gasteiger partial charge in [0.1, 0.15) is 0 Å². The quantitative estimate of drug-likeness (QED) is 0.612. The molecule has 2 aromatic rings. The minimum atomic E-state index is -0.527. The maximum Gasteiger partial charge on any atom is 0.311 e. The number of methoxy groups -OCH3 is 1. The molecule has 0 radical (unpaired) electrons. The fourth-order valence-corrected chi connectivity index (χ4v) is 3.39. The molecule has 0 aromatic heterocycles. The van der Waals surface area contributed by atoms with E-state index in [9.17, 15) is 14.9 Å². The van der Waals surface area contributed by atoms with Crippen molar-refractivity contribution >= 4 is 11.6 Å². The smallest absolute Gasteiger partial charge is 0.311 e. The van der Waals surface area contributed by atoms with Crippen LogP contribution in [0.4, 0.5) is 5.69 Å². The number of nitro benzene ring substituents is 1. The predicted octanol–water partition coefficient (Wildman–Crippen LogP) is 1.19. The van der Waals surface area contributed by atoms with Crippen LogP contribution in [0, 0.1) is 10.1 Å². The Kier molecular flexibility index (Phi) is 6.03. The summed E-state index contributed by atoms with van der Waals surface area (Å²) in [6, 6.07) is 14.8. The van der Waals surface area contributed by atoms with Gasteiger partial charge >= 0.3 is 5.69 Å². The van der Waals surface area contributed by atoms with E-state index in [-0.39, 0.29) is 17.3 Å². The highest BCUT2D eigenvalue weighted by Crippen LogP contribution is 2.28. The van der Waals surface area contributed by atoms with E-state index in [2.05, 4.69) is 24.3 Å². The fourth-order valence-electron chi connectivity index (χ4n) is 3.39. The van der Waals surface area contributed by atoms with Crippen LogP contribution in [0.15, 0.2) is 48.5 Å². The highest BCUT2D eigenvalue weighted by Gasteiger charge is 2.26. The molecule has 0 bridgehead atoms. The molecule has 0 unspecified atom stereocenters. The molecule has 7 nitrogen and oxygen atoms in total. The molecule has 0 spiro atoms. The fraction of sp³-hybridized carbons (Fsp3) is 0.350. The number of nitrogens with zero attached hydrogens (tertiary/aromatic N) is 2. The highest BCUT2D eigenvalue weighted by molar-refractivity contribution is 5.95. The Labute approximate surface area is 158 Å². The molecule has 27 heavy (non-hydrogen) atoms. The van der Waals surface area contributed by atoms with E-state index in [0.717, 1.165) is 26.1 Å². The number of benzene rings is 2. The maximum absolute atomic E-state index is 12.7. The van der Waals surface area contributed by atoms with Gasteiger partial charge in [0, 0.05) is 18.1 Å². The SMILES string of the molecule is COc1ccc(C(=O)N2CC[NH+](CCc3ccccc3)CC2)cc1[N+](=O)[O-]. The van der Waals surface area contributed by atoms with Crippen molar-refractivity contribution in [2.75, 3.05) is 39.8 Å². The number of ether oxygens (including phenoxy) is 1. The molecule has 1 aliphatic heterocycles. The van der Waals surface area contributed by atoms with E-state index >= 15 is 0 Å². The Morgan fingerprint density at radius 3 is 2.52 bits per heavy atom. The first-order valence-corrected chi connectivity index (χ1v) is 9.07. The van der Waals surface area contributed by atoms with Gasteiger partial charge in [0.15, 0.2) is 5.75 Å². The third-order valence-corrected chi connectivity index (χ3v) is 4.99. The van der Waals surface area contributed by atoms with Crippen LogP contribution in [0.3, 0.4) is 0 Å². The summed E-state index contributed by atoms with van der Waals surface area (Å²) in [6.45, 7) is 4.12. The minimum Gasteiger partial charge on any atom is -0.490 e. The predicted molar refractivity (Wildman–Crippen MR) is 101 cm³/mol. The van der Waals surface area contributed by atoms with Gasteiger partial charge in [0.2, 0.25) is 0 Å². The zero-order chi connectivity index (χ0) is 19.2.